The molecule has 18 heavy (non-hydrogen) atoms. The number of anilines is 1. The molecule has 0 unspecified atom stereocenters. The van der Waals surface area contributed by atoms with Crippen LogP contribution in [-0.2, 0) is 0 Å². The molecule has 0 N–H and O–H groups in total. The first-order valence-corrected chi connectivity index (χ1v) is 7.26. The lowest BCUT2D eigenvalue weighted by Crippen LogP contribution is -2.47. The second-order valence-electron chi connectivity index (χ2n) is 5.03. The maximum Gasteiger partial charge on any atom is 0.0992 e. The van der Waals surface area contributed by atoms with E-state index in [1.54, 1.807) is 0 Å². The average Bonchev–Trinajstić information content (AvgIpc) is 3.23. The lowest BCUT2D eigenvalue weighted by Gasteiger charge is -2.36. The molecule has 1 aromatic carbocycles. The molecule has 3 rings (SSSR count). The summed E-state index contributed by atoms with van der Waals surface area (Å²) in [5.74, 6) is 0. The number of hydrogen-bond donors (Lipinski definition) is 0. The van der Waals surface area contributed by atoms with E-state index in [9.17, 15) is 0 Å². The zero-order valence-corrected chi connectivity index (χ0v) is 11.9. The molecule has 2 aliphatic rings. The third kappa shape index (κ3) is 2.38. The van der Waals surface area contributed by atoms with Gasteiger partial charge in [0.1, 0.15) is 0 Å². The molecule has 1 saturated heterocycles. The fraction of sp³-hybridized carbons (Fsp3) is 0.500. The van der Waals surface area contributed by atoms with Crippen LogP contribution in [0.15, 0.2) is 22.7 Å². The quantitative estimate of drug-likeness (QED) is 0.841. The second-order valence-corrected chi connectivity index (χ2v) is 5.89. The Labute approximate surface area is 116 Å². The Bertz CT molecular complexity index is 482. The number of rotatable bonds is 2. The van der Waals surface area contributed by atoms with Crippen LogP contribution in [-0.4, -0.2) is 37.1 Å². The number of nitriles is 1. The number of hydrogen-bond acceptors (Lipinski definition) is 3. The van der Waals surface area contributed by atoms with Crippen molar-refractivity contribution >= 4 is 21.6 Å². The van der Waals surface area contributed by atoms with Crippen LogP contribution < -0.4 is 4.90 Å². The normalized spacial score (nSPS) is 20.8. The van der Waals surface area contributed by atoms with Crippen LogP contribution in [0.5, 0.6) is 0 Å². The SMILES string of the molecule is N#Cc1ccc(N2CCN(C3CC3)CC2)c(Br)c1. The molecule has 1 heterocycles. The van der Waals surface area contributed by atoms with Crippen LogP contribution in [0, 0.1) is 11.3 Å². The zero-order valence-electron chi connectivity index (χ0n) is 10.3. The van der Waals surface area contributed by atoms with Crippen molar-refractivity contribution in [3.05, 3.63) is 28.2 Å². The largest absolute Gasteiger partial charge is 0.368 e. The first-order valence-electron chi connectivity index (χ1n) is 6.46. The first kappa shape index (κ1) is 12.0. The van der Waals surface area contributed by atoms with E-state index in [1.807, 2.05) is 12.1 Å². The average molecular weight is 306 g/mol. The fourth-order valence-electron chi connectivity index (χ4n) is 2.60. The molecule has 0 radical (unpaired) electrons. The van der Waals surface area contributed by atoms with Crippen LogP contribution in [0.25, 0.3) is 0 Å². The molecular weight excluding hydrogens is 290 g/mol. The number of nitrogens with zero attached hydrogens (tertiary/aromatic N) is 3. The predicted molar refractivity (Wildman–Crippen MR) is 75.7 cm³/mol. The van der Waals surface area contributed by atoms with Gasteiger partial charge in [-0.1, -0.05) is 0 Å². The van der Waals surface area contributed by atoms with Gasteiger partial charge in [-0.3, -0.25) is 4.90 Å². The van der Waals surface area contributed by atoms with E-state index in [-0.39, 0.29) is 0 Å². The fourth-order valence-corrected chi connectivity index (χ4v) is 3.23. The van der Waals surface area contributed by atoms with Crippen molar-refractivity contribution < 1.29 is 0 Å². The summed E-state index contributed by atoms with van der Waals surface area (Å²) in [4.78, 5) is 5.01. The van der Waals surface area contributed by atoms with Crippen LogP contribution in [0.4, 0.5) is 5.69 Å². The summed E-state index contributed by atoms with van der Waals surface area (Å²) >= 11 is 3.57. The highest BCUT2D eigenvalue weighted by Crippen LogP contribution is 2.31. The maximum atomic E-state index is 8.87. The smallest absolute Gasteiger partial charge is 0.0992 e. The van der Waals surface area contributed by atoms with Crippen molar-refractivity contribution in [1.29, 1.82) is 5.26 Å². The summed E-state index contributed by atoms with van der Waals surface area (Å²) in [6.07, 6.45) is 2.78. The highest BCUT2D eigenvalue weighted by molar-refractivity contribution is 9.10. The molecule has 1 aromatic rings. The van der Waals surface area contributed by atoms with E-state index in [1.165, 1.54) is 18.5 Å². The van der Waals surface area contributed by atoms with E-state index in [2.05, 4.69) is 37.9 Å². The summed E-state index contributed by atoms with van der Waals surface area (Å²) in [5.41, 5.74) is 1.92. The van der Waals surface area contributed by atoms with Gasteiger partial charge in [0.2, 0.25) is 0 Å². The monoisotopic (exact) mass is 305 g/mol. The predicted octanol–water partition coefficient (Wildman–Crippen LogP) is 2.61. The summed E-state index contributed by atoms with van der Waals surface area (Å²) in [6.45, 7) is 4.50. The molecule has 3 nitrogen and oxygen atoms in total. The first-order chi connectivity index (χ1) is 8.78. The van der Waals surface area contributed by atoms with Gasteiger partial charge < -0.3 is 4.90 Å². The highest BCUT2D eigenvalue weighted by Gasteiger charge is 2.31. The molecule has 4 heteroatoms. The van der Waals surface area contributed by atoms with Crippen LogP contribution >= 0.6 is 15.9 Å². The lowest BCUT2D eigenvalue weighted by atomic mass is 10.2. The van der Waals surface area contributed by atoms with E-state index < -0.39 is 0 Å². The molecule has 2 fully saturated rings. The van der Waals surface area contributed by atoms with Gasteiger partial charge in [0.25, 0.3) is 0 Å². The van der Waals surface area contributed by atoms with Gasteiger partial charge in [-0.05, 0) is 47.0 Å². The standard InChI is InChI=1S/C14H16BrN3/c15-13-9-11(10-16)1-4-14(13)18-7-5-17(6-8-18)12-2-3-12/h1,4,9,12H,2-3,5-8H2. The highest BCUT2D eigenvalue weighted by atomic mass is 79.9. The summed E-state index contributed by atoms with van der Waals surface area (Å²) in [7, 11) is 0. The van der Waals surface area contributed by atoms with E-state index in [4.69, 9.17) is 5.26 Å². The Morgan fingerprint density at radius 1 is 1.17 bits per heavy atom. The minimum Gasteiger partial charge on any atom is -0.368 e. The molecule has 94 valence electrons. The van der Waals surface area contributed by atoms with Crippen LogP contribution in [0.2, 0.25) is 0 Å². The van der Waals surface area contributed by atoms with Crippen molar-refractivity contribution in [2.24, 2.45) is 0 Å². The zero-order chi connectivity index (χ0) is 12.5. The Kier molecular flexibility index (Phi) is 3.27. The molecule has 0 amide bonds. The summed E-state index contributed by atoms with van der Waals surface area (Å²) < 4.78 is 1.03. The molecule has 1 saturated carbocycles. The van der Waals surface area contributed by atoms with Gasteiger partial charge in [0.05, 0.1) is 17.3 Å². The Balaban J connectivity index is 1.70. The summed E-state index contributed by atoms with van der Waals surface area (Å²) in [5, 5.41) is 8.87. The van der Waals surface area contributed by atoms with E-state index >= 15 is 0 Å². The minimum absolute atomic E-state index is 0.710. The number of halogens is 1. The molecule has 0 bridgehead atoms. The van der Waals surface area contributed by atoms with Crippen molar-refractivity contribution in [1.82, 2.24) is 4.90 Å². The van der Waals surface area contributed by atoms with Crippen LogP contribution in [0.3, 0.4) is 0 Å². The second kappa shape index (κ2) is 4.91. The topological polar surface area (TPSA) is 30.3 Å². The van der Waals surface area contributed by atoms with Gasteiger partial charge >= 0.3 is 0 Å². The number of benzene rings is 1. The molecule has 0 aromatic heterocycles. The van der Waals surface area contributed by atoms with Crippen molar-refractivity contribution in [2.75, 3.05) is 31.1 Å². The van der Waals surface area contributed by atoms with Gasteiger partial charge in [0, 0.05) is 36.7 Å². The maximum absolute atomic E-state index is 8.87. The Morgan fingerprint density at radius 3 is 2.44 bits per heavy atom. The van der Waals surface area contributed by atoms with Crippen molar-refractivity contribution in [3.8, 4) is 6.07 Å². The van der Waals surface area contributed by atoms with E-state index in [0.717, 1.165) is 36.7 Å². The van der Waals surface area contributed by atoms with E-state index in [0.29, 0.717) is 5.56 Å². The van der Waals surface area contributed by atoms with Gasteiger partial charge in [0.15, 0.2) is 0 Å². The number of piperazine rings is 1. The summed E-state index contributed by atoms with van der Waals surface area (Å²) in [6, 6.07) is 8.90. The van der Waals surface area contributed by atoms with Gasteiger partial charge in [-0.25, -0.2) is 0 Å². The Morgan fingerprint density at radius 2 is 1.89 bits per heavy atom. The Hall–Kier alpha value is -1.05. The van der Waals surface area contributed by atoms with Gasteiger partial charge in [-0.2, -0.15) is 5.26 Å². The third-order valence-corrected chi connectivity index (χ3v) is 4.43. The molecule has 1 aliphatic heterocycles. The molecular formula is C14H16BrN3. The minimum atomic E-state index is 0.710. The lowest BCUT2D eigenvalue weighted by molar-refractivity contribution is 0.248. The van der Waals surface area contributed by atoms with Gasteiger partial charge in [-0.15, -0.1) is 0 Å². The van der Waals surface area contributed by atoms with Crippen molar-refractivity contribution in [3.63, 3.8) is 0 Å². The molecule has 1 aliphatic carbocycles. The molecule has 0 spiro atoms. The third-order valence-electron chi connectivity index (χ3n) is 3.80. The van der Waals surface area contributed by atoms with Crippen LogP contribution in [0.1, 0.15) is 18.4 Å². The molecule has 0 atom stereocenters. The van der Waals surface area contributed by atoms with Crippen molar-refractivity contribution in [2.45, 2.75) is 18.9 Å².